The van der Waals surface area contributed by atoms with Gasteiger partial charge < -0.3 is 16.3 Å². The number of imide groups is 1. The van der Waals surface area contributed by atoms with E-state index < -0.39 is 0 Å². The molecule has 9 heteroatoms. The second-order valence-corrected chi connectivity index (χ2v) is 6.07. The zero-order valence-electron chi connectivity index (χ0n) is 14.6. The van der Waals surface area contributed by atoms with Gasteiger partial charge in [0.2, 0.25) is 0 Å². The summed E-state index contributed by atoms with van der Waals surface area (Å²) in [7, 11) is 1.31. The van der Waals surface area contributed by atoms with Crippen molar-refractivity contribution in [1.82, 2.24) is 5.06 Å². The Labute approximate surface area is 148 Å². The van der Waals surface area contributed by atoms with E-state index in [-0.39, 0.29) is 30.6 Å². The number of guanidine groups is 1. The standard InChI is InChI=1S/C5H7NO3.C5H10O.C4H8S.CH5N3/c1-9-6-4(7)2-3-5(6)8;1-2-3-4-5-6;1-2-4-5-3-1;2-1(3)4/h2-3H2,1H3;5H,2-4H2,1H3;1-4H2;(H5,2,3,4). The molecule has 0 radical (unpaired) electrons. The Balaban J connectivity index is 0. The molecule has 8 nitrogen and oxygen atoms in total. The van der Waals surface area contributed by atoms with Gasteiger partial charge in [0.05, 0.1) is 7.11 Å². The molecule has 0 aliphatic carbocycles. The van der Waals surface area contributed by atoms with Gasteiger partial charge in [0.25, 0.3) is 11.8 Å². The van der Waals surface area contributed by atoms with Crippen molar-refractivity contribution in [3.63, 3.8) is 0 Å². The summed E-state index contributed by atoms with van der Waals surface area (Å²) in [5.74, 6) is 2.00. The SMILES string of the molecule is C1CCSC1.CCCCC=O.CON1C(=O)CCC1=O.N=C(N)N. The fourth-order valence-electron chi connectivity index (χ4n) is 1.56. The lowest BCUT2D eigenvalue weighted by Crippen LogP contribution is -2.27. The number of rotatable bonds is 4. The number of aldehydes is 1. The van der Waals surface area contributed by atoms with E-state index in [0.29, 0.717) is 0 Å². The van der Waals surface area contributed by atoms with E-state index in [0.717, 1.165) is 30.6 Å². The van der Waals surface area contributed by atoms with E-state index in [4.69, 9.17) is 5.41 Å². The van der Waals surface area contributed by atoms with E-state index in [9.17, 15) is 14.4 Å². The molecule has 0 aromatic carbocycles. The van der Waals surface area contributed by atoms with Crippen molar-refractivity contribution >= 4 is 35.8 Å². The number of amides is 2. The van der Waals surface area contributed by atoms with E-state index >= 15 is 0 Å². The van der Waals surface area contributed by atoms with Crippen molar-refractivity contribution in [1.29, 1.82) is 5.41 Å². The molecule has 0 unspecified atom stereocenters. The topological polar surface area (TPSA) is 140 Å². The van der Waals surface area contributed by atoms with Crippen LogP contribution in [-0.2, 0) is 19.2 Å². The first-order valence-electron chi connectivity index (χ1n) is 7.91. The summed E-state index contributed by atoms with van der Waals surface area (Å²) in [5.41, 5.74) is 8.94. The van der Waals surface area contributed by atoms with Crippen LogP contribution in [0.2, 0.25) is 0 Å². The third-order valence-corrected chi connectivity index (χ3v) is 3.85. The summed E-state index contributed by atoms with van der Waals surface area (Å²) in [5, 5.41) is 6.85. The summed E-state index contributed by atoms with van der Waals surface area (Å²) < 4.78 is 0. The highest BCUT2D eigenvalue weighted by Crippen LogP contribution is 2.14. The van der Waals surface area contributed by atoms with Crippen molar-refractivity contribution in [2.24, 2.45) is 11.5 Å². The van der Waals surface area contributed by atoms with Crippen molar-refractivity contribution in [3.05, 3.63) is 0 Å². The Bertz CT molecular complexity index is 349. The normalized spacial score (nSPS) is 15.3. The predicted molar refractivity (Wildman–Crippen MR) is 96.3 cm³/mol. The van der Waals surface area contributed by atoms with E-state index in [2.05, 4.69) is 35.0 Å². The number of carbonyl (C=O) groups excluding carboxylic acids is 3. The van der Waals surface area contributed by atoms with Gasteiger partial charge in [0.15, 0.2) is 5.96 Å². The minimum atomic E-state index is -0.333. The van der Waals surface area contributed by atoms with Gasteiger partial charge in [0.1, 0.15) is 6.29 Å². The minimum Gasteiger partial charge on any atom is -0.370 e. The summed E-state index contributed by atoms with van der Waals surface area (Å²) in [6.07, 6.45) is 7.36. The zero-order valence-corrected chi connectivity index (χ0v) is 15.4. The van der Waals surface area contributed by atoms with Crippen LogP contribution in [0, 0.1) is 5.41 Å². The Morgan fingerprint density at radius 2 is 1.71 bits per heavy atom. The van der Waals surface area contributed by atoms with Crippen LogP contribution in [0.15, 0.2) is 0 Å². The average molecular weight is 362 g/mol. The number of nitrogens with zero attached hydrogens (tertiary/aromatic N) is 1. The monoisotopic (exact) mass is 362 g/mol. The Morgan fingerprint density at radius 3 is 1.88 bits per heavy atom. The average Bonchev–Trinajstić information content (AvgIpc) is 3.19. The molecule has 140 valence electrons. The van der Waals surface area contributed by atoms with Crippen molar-refractivity contribution < 1.29 is 19.2 Å². The van der Waals surface area contributed by atoms with Gasteiger partial charge in [-0.1, -0.05) is 13.3 Å². The number of carbonyl (C=O) groups is 3. The molecule has 5 N–H and O–H groups in total. The number of hydrogen-bond donors (Lipinski definition) is 3. The van der Waals surface area contributed by atoms with Crippen molar-refractivity contribution in [2.75, 3.05) is 18.6 Å². The quantitative estimate of drug-likeness (QED) is 0.226. The first-order valence-corrected chi connectivity index (χ1v) is 9.06. The number of hydrogen-bond acceptors (Lipinski definition) is 6. The van der Waals surface area contributed by atoms with Gasteiger partial charge in [-0.05, 0) is 30.8 Å². The lowest BCUT2D eigenvalue weighted by Gasteiger charge is -2.07. The van der Waals surface area contributed by atoms with E-state index in [1.165, 1.54) is 31.5 Å². The minimum absolute atomic E-state index is 0.248. The molecule has 0 aromatic rings. The van der Waals surface area contributed by atoms with Crippen LogP contribution in [-0.4, -0.2) is 47.7 Å². The summed E-state index contributed by atoms with van der Waals surface area (Å²) in [4.78, 5) is 35.2. The van der Waals surface area contributed by atoms with Crippen LogP contribution in [0.1, 0.15) is 51.9 Å². The predicted octanol–water partition coefficient (Wildman–Crippen LogP) is 1.42. The lowest BCUT2D eigenvalue weighted by molar-refractivity contribution is -0.179. The van der Waals surface area contributed by atoms with Crippen LogP contribution in [0.5, 0.6) is 0 Å². The molecule has 2 amide bonds. The molecule has 2 heterocycles. The molecule has 2 aliphatic heterocycles. The molecule has 0 atom stereocenters. The number of unbranched alkanes of at least 4 members (excludes halogenated alkanes) is 2. The smallest absolute Gasteiger partial charge is 0.253 e. The molecular weight excluding hydrogens is 332 g/mol. The van der Waals surface area contributed by atoms with E-state index in [1.54, 1.807) is 0 Å². The molecule has 2 aliphatic rings. The van der Waals surface area contributed by atoms with Gasteiger partial charge in [-0.2, -0.15) is 16.8 Å². The summed E-state index contributed by atoms with van der Waals surface area (Å²) in [6.45, 7) is 2.07. The molecule has 0 saturated carbocycles. The van der Waals surface area contributed by atoms with Crippen LogP contribution in [0.4, 0.5) is 0 Å². The zero-order chi connectivity index (χ0) is 18.8. The van der Waals surface area contributed by atoms with E-state index in [1.807, 2.05) is 0 Å². The van der Waals surface area contributed by atoms with Gasteiger partial charge in [-0.15, -0.1) is 0 Å². The molecule has 0 bridgehead atoms. The maximum atomic E-state index is 10.6. The number of thioether (sulfide) groups is 1. The van der Waals surface area contributed by atoms with Crippen molar-refractivity contribution in [2.45, 2.75) is 51.9 Å². The Morgan fingerprint density at radius 1 is 1.25 bits per heavy atom. The Hall–Kier alpha value is -1.61. The van der Waals surface area contributed by atoms with Crippen LogP contribution < -0.4 is 11.5 Å². The molecule has 2 fully saturated rings. The Kier molecular flexibility index (Phi) is 18.2. The third kappa shape index (κ3) is 16.8. The second-order valence-electron chi connectivity index (χ2n) is 4.85. The molecule has 2 saturated heterocycles. The van der Waals surface area contributed by atoms with Crippen LogP contribution >= 0.6 is 11.8 Å². The highest BCUT2D eigenvalue weighted by atomic mass is 32.2. The molecule has 24 heavy (non-hydrogen) atoms. The fourth-order valence-corrected chi connectivity index (χ4v) is 2.58. The van der Waals surface area contributed by atoms with Gasteiger partial charge in [0, 0.05) is 19.3 Å². The number of hydroxylamine groups is 2. The van der Waals surface area contributed by atoms with Gasteiger partial charge in [-0.3, -0.25) is 19.8 Å². The first-order chi connectivity index (χ1) is 11.4. The summed E-state index contributed by atoms with van der Waals surface area (Å²) in [6, 6.07) is 0. The highest BCUT2D eigenvalue weighted by molar-refractivity contribution is 7.99. The lowest BCUT2D eigenvalue weighted by atomic mass is 10.3. The number of nitrogens with one attached hydrogen (secondary N) is 1. The largest absolute Gasteiger partial charge is 0.370 e. The highest BCUT2D eigenvalue weighted by Gasteiger charge is 2.28. The maximum absolute atomic E-state index is 10.6. The molecule has 2 rings (SSSR count). The van der Waals surface area contributed by atoms with Crippen molar-refractivity contribution in [3.8, 4) is 0 Å². The summed E-state index contributed by atoms with van der Waals surface area (Å²) >= 11 is 2.07. The second kappa shape index (κ2) is 17.7. The van der Waals surface area contributed by atoms with Crippen LogP contribution in [0.25, 0.3) is 0 Å². The third-order valence-electron chi connectivity index (χ3n) is 2.69. The molecule has 0 aromatic heterocycles. The van der Waals surface area contributed by atoms with Gasteiger partial charge in [-0.25, -0.2) is 0 Å². The fraction of sp³-hybridized carbons (Fsp3) is 0.733. The van der Waals surface area contributed by atoms with Crippen LogP contribution in [0.3, 0.4) is 0 Å². The molecular formula is C15H30N4O4S. The number of nitrogens with two attached hydrogens (primary N) is 2. The molecule has 0 spiro atoms. The first kappa shape index (κ1) is 24.6. The van der Waals surface area contributed by atoms with Gasteiger partial charge >= 0.3 is 0 Å². The maximum Gasteiger partial charge on any atom is 0.253 e.